The summed E-state index contributed by atoms with van der Waals surface area (Å²) in [5.41, 5.74) is 0.0334. The number of nitrogens with one attached hydrogen (secondary N) is 1. The third-order valence-electron chi connectivity index (χ3n) is 2.76. The van der Waals surface area contributed by atoms with Crippen molar-refractivity contribution in [3.63, 3.8) is 0 Å². The Morgan fingerprint density at radius 1 is 1.30 bits per heavy atom. The second kappa shape index (κ2) is 8.61. The molecular weight excluding hydrogens is 256 g/mol. The molecule has 5 heteroatoms. The van der Waals surface area contributed by atoms with Crippen molar-refractivity contribution in [1.82, 2.24) is 10.2 Å². The van der Waals surface area contributed by atoms with Crippen molar-refractivity contribution in [2.24, 2.45) is 0 Å². The fourth-order valence-corrected chi connectivity index (χ4v) is 1.56. The lowest BCUT2D eigenvalue weighted by atomic mass is 10.1. The fraction of sp³-hybridized carbons (Fsp3) is 0.733. The Kier molecular flexibility index (Phi) is 7.96. The van der Waals surface area contributed by atoms with Crippen molar-refractivity contribution in [3.8, 4) is 0 Å². The highest BCUT2D eigenvalue weighted by atomic mass is 16.5. The first-order valence-corrected chi connectivity index (χ1v) is 7.08. The molecule has 2 amide bonds. The first-order valence-electron chi connectivity index (χ1n) is 7.08. The zero-order valence-corrected chi connectivity index (χ0v) is 13.4. The number of carbonyl (C=O) groups excluding carboxylic acids is 2. The minimum Gasteiger partial charge on any atom is -0.460 e. The fourth-order valence-electron chi connectivity index (χ4n) is 1.56. The molecule has 116 valence electrons. The standard InChI is InChI=1S/C15H28N2O3/c1-7-8-9-16-14(19)17(15(4,5)6)10-11-20-13(18)12(2)3/h2,7-11H2,1,3-6H3,(H,16,19). The van der Waals surface area contributed by atoms with Gasteiger partial charge in [-0.1, -0.05) is 19.9 Å². The number of nitrogens with zero attached hydrogens (tertiary/aromatic N) is 1. The minimum absolute atomic E-state index is 0.127. The summed E-state index contributed by atoms with van der Waals surface area (Å²) in [7, 11) is 0. The maximum Gasteiger partial charge on any atom is 0.333 e. The molecule has 0 aliphatic heterocycles. The molecule has 1 N–H and O–H groups in total. The first kappa shape index (κ1) is 18.5. The largest absolute Gasteiger partial charge is 0.460 e. The molecule has 0 heterocycles. The molecule has 0 aliphatic carbocycles. The summed E-state index contributed by atoms with van der Waals surface area (Å²) >= 11 is 0. The van der Waals surface area contributed by atoms with Gasteiger partial charge in [0.25, 0.3) is 0 Å². The van der Waals surface area contributed by atoms with Crippen LogP contribution < -0.4 is 5.32 Å². The number of amides is 2. The summed E-state index contributed by atoms with van der Waals surface area (Å²) in [5, 5.41) is 2.88. The summed E-state index contributed by atoms with van der Waals surface area (Å²) in [5.74, 6) is -0.426. The normalized spacial score (nSPS) is 10.8. The van der Waals surface area contributed by atoms with Gasteiger partial charge in [0, 0.05) is 17.7 Å². The predicted molar refractivity (Wildman–Crippen MR) is 80.5 cm³/mol. The van der Waals surface area contributed by atoms with Crippen molar-refractivity contribution < 1.29 is 14.3 Å². The van der Waals surface area contributed by atoms with E-state index in [0.717, 1.165) is 12.8 Å². The van der Waals surface area contributed by atoms with Gasteiger partial charge in [0.1, 0.15) is 6.61 Å². The Labute approximate surface area is 122 Å². The summed E-state index contributed by atoms with van der Waals surface area (Å²) in [6.45, 7) is 14.2. The van der Waals surface area contributed by atoms with Crippen LogP contribution in [0.5, 0.6) is 0 Å². The van der Waals surface area contributed by atoms with Gasteiger partial charge in [-0.2, -0.15) is 0 Å². The first-order chi connectivity index (χ1) is 9.20. The second-order valence-corrected chi connectivity index (χ2v) is 5.82. The second-order valence-electron chi connectivity index (χ2n) is 5.82. The number of hydrogen-bond acceptors (Lipinski definition) is 3. The third-order valence-corrected chi connectivity index (χ3v) is 2.76. The molecule has 0 fully saturated rings. The van der Waals surface area contributed by atoms with Crippen molar-refractivity contribution in [2.75, 3.05) is 19.7 Å². The molecule has 0 rings (SSSR count). The Bertz CT molecular complexity index is 346. The number of esters is 1. The van der Waals surface area contributed by atoms with E-state index in [0.29, 0.717) is 18.7 Å². The highest BCUT2D eigenvalue weighted by molar-refractivity contribution is 5.86. The number of carbonyl (C=O) groups is 2. The van der Waals surface area contributed by atoms with Crippen LogP contribution in [0.4, 0.5) is 4.79 Å². The van der Waals surface area contributed by atoms with Crippen LogP contribution in [0.15, 0.2) is 12.2 Å². The highest BCUT2D eigenvalue weighted by Gasteiger charge is 2.26. The maximum absolute atomic E-state index is 12.1. The molecule has 0 saturated heterocycles. The van der Waals surface area contributed by atoms with E-state index in [1.165, 1.54) is 0 Å². The van der Waals surface area contributed by atoms with E-state index < -0.39 is 5.97 Å². The van der Waals surface area contributed by atoms with E-state index in [2.05, 4.69) is 18.8 Å². The van der Waals surface area contributed by atoms with Crippen LogP contribution in [0.2, 0.25) is 0 Å². The van der Waals surface area contributed by atoms with Crippen molar-refractivity contribution in [2.45, 2.75) is 53.0 Å². The minimum atomic E-state index is -0.426. The number of rotatable bonds is 7. The summed E-state index contributed by atoms with van der Waals surface area (Å²) in [6.07, 6.45) is 1.99. The molecule has 0 aliphatic rings. The average Bonchev–Trinajstić information content (AvgIpc) is 2.32. The van der Waals surface area contributed by atoms with E-state index >= 15 is 0 Å². The van der Waals surface area contributed by atoms with Gasteiger partial charge in [0.05, 0.1) is 6.54 Å². The maximum atomic E-state index is 12.1. The zero-order valence-electron chi connectivity index (χ0n) is 13.4. The topological polar surface area (TPSA) is 58.6 Å². The summed E-state index contributed by atoms with van der Waals surface area (Å²) < 4.78 is 5.04. The van der Waals surface area contributed by atoms with Crippen LogP contribution in [0.3, 0.4) is 0 Å². The molecule has 0 unspecified atom stereocenters. The Balaban J connectivity index is 4.40. The monoisotopic (exact) mass is 284 g/mol. The van der Waals surface area contributed by atoms with E-state index in [1.807, 2.05) is 20.8 Å². The molecule has 0 aromatic carbocycles. The number of ether oxygens (including phenoxy) is 1. The van der Waals surface area contributed by atoms with Gasteiger partial charge in [-0.05, 0) is 34.1 Å². The lowest BCUT2D eigenvalue weighted by Gasteiger charge is -2.35. The summed E-state index contributed by atoms with van der Waals surface area (Å²) in [6, 6.07) is -0.127. The van der Waals surface area contributed by atoms with Crippen LogP contribution in [0.1, 0.15) is 47.5 Å². The van der Waals surface area contributed by atoms with Gasteiger partial charge in [-0.3, -0.25) is 0 Å². The number of urea groups is 1. The number of hydrogen-bond donors (Lipinski definition) is 1. The SMILES string of the molecule is C=C(C)C(=O)OCCN(C(=O)NCCCC)C(C)(C)C. The molecule has 0 aromatic rings. The van der Waals surface area contributed by atoms with Gasteiger partial charge in [-0.15, -0.1) is 0 Å². The molecular formula is C15H28N2O3. The zero-order chi connectivity index (χ0) is 15.8. The van der Waals surface area contributed by atoms with Crippen molar-refractivity contribution in [1.29, 1.82) is 0 Å². The van der Waals surface area contributed by atoms with Crippen LogP contribution in [0.25, 0.3) is 0 Å². The van der Waals surface area contributed by atoms with Gasteiger partial charge in [0.2, 0.25) is 0 Å². The Hall–Kier alpha value is -1.52. The van der Waals surface area contributed by atoms with Crippen LogP contribution in [-0.4, -0.2) is 42.1 Å². The lowest BCUT2D eigenvalue weighted by molar-refractivity contribution is -0.139. The molecule has 0 saturated carbocycles. The Morgan fingerprint density at radius 2 is 1.90 bits per heavy atom. The van der Waals surface area contributed by atoms with Crippen LogP contribution in [-0.2, 0) is 9.53 Å². The highest BCUT2D eigenvalue weighted by Crippen LogP contribution is 2.13. The third kappa shape index (κ3) is 7.16. The smallest absolute Gasteiger partial charge is 0.333 e. The van der Waals surface area contributed by atoms with Crippen molar-refractivity contribution in [3.05, 3.63) is 12.2 Å². The molecule has 5 nitrogen and oxygen atoms in total. The van der Waals surface area contributed by atoms with Gasteiger partial charge in [0.15, 0.2) is 0 Å². The van der Waals surface area contributed by atoms with Gasteiger partial charge in [-0.25, -0.2) is 9.59 Å². The van der Waals surface area contributed by atoms with Crippen molar-refractivity contribution >= 4 is 12.0 Å². The van der Waals surface area contributed by atoms with Crippen LogP contribution in [0, 0.1) is 0 Å². The predicted octanol–water partition coefficient (Wildman–Crippen LogP) is 2.72. The molecule has 0 radical (unpaired) electrons. The lowest BCUT2D eigenvalue weighted by Crippen LogP contribution is -2.51. The van der Waals surface area contributed by atoms with E-state index in [-0.39, 0.29) is 18.2 Å². The Morgan fingerprint density at radius 3 is 2.35 bits per heavy atom. The summed E-state index contributed by atoms with van der Waals surface area (Å²) in [4.78, 5) is 25.1. The average molecular weight is 284 g/mol. The van der Waals surface area contributed by atoms with E-state index in [1.54, 1.807) is 11.8 Å². The quantitative estimate of drug-likeness (QED) is 0.444. The van der Waals surface area contributed by atoms with E-state index in [4.69, 9.17) is 4.74 Å². The molecule has 0 aromatic heterocycles. The van der Waals surface area contributed by atoms with Gasteiger partial charge < -0.3 is 15.0 Å². The number of unbranched alkanes of at least 4 members (excludes halogenated alkanes) is 1. The van der Waals surface area contributed by atoms with Crippen LogP contribution >= 0.6 is 0 Å². The molecule has 0 bridgehead atoms. The molecule has 20 heavy (non-hydrogen) atoms. The van der Waals surface area contributed by atoms with Gasteiger partial charge >= 0.3 is 12.0 Å². The molecule has 0 atom stereocenters. The van der Waals surface area contributed by atoms with E-state index in [9.17, 15) is 9.59 Å². The molecule has 0 spiro atoms.